The maximum absolute atomic E-state index is 12.7. The fraction of sp³-hybridized carbons (Fsp3) is 0.158. The van der Waals surface area contributed by atoms with Crippen molar-refractivity contribution in [1.29, 1.82) is 0 Å². The van der Waals surface area contributed by atoms with Gasteiger partial charge in [0, 0.05) is 16.5 Å². The van der Waals surface area contributed by atoms with Crippen molar-refractivity contribution in [1.82, 2.24) is 9.97 Å². The predicted molar refractivity (Wildman–Crippen MR) is 107 cm³/mol. The molecule has 0 aliphatic carbocycles. The van der Waals surface area contributed by atoms with Crippen LogP contribution in [0.1, 0.15) is 27.2 Å². The van der Waals surface area contributed by atoms with Crippen LogP contribution in [-0.2, 0) is 11.2 Å². The molecule has 0 atom stereocenters. The first-order valence-corrected chi connectivity index (χ1v) is 9.86. The van der Waals surface area contributed by atoms with Gasteiger partial charge in [-0.2, -0.15) is 0 Å². The number of primary amides is 1. The third-order valence-electron chi connectivity index (χ3n) is 3.68. The normalized spacial score (nSPS) is 10.6. The number of nitrogens with zero attached hydrogens (tertiary/aromatic N) is 2. The Kier molecular flexibility index (Phi) is 5.88. The average Bonchev–Trinajstić information content (AvgIpc) is 3.04. The summed E-state index contributed by atoms with van der Waals surface area (Å²) in [5.74, 6) is -0.757. The molecule has 8 heteroatoms. The van der Waals surface area contributed by atoms with Crippen LogP contribution in [0.25, 0.3) is 0 Å². The number of anilines is 1. The van der Waals surface area contributed by atoms with Gasteiger partial charge in [0.25, 0.3) is 5.91 Å². The number of aryl methyl sites for hydroxylation is 2. The molecular formula is C19H18N4O2S2. The Morgan fingerprint density at radius 1 is 1.26 bits per heavy atom. The molecule has 0 aliphatic heterocycles. The number of carbonyl (C=O) groups is 2. The molecule has 0 fully saturated rings. The Morgan fingerprint density at radius 2 is 2.07 bits per heavy atom. The lowest BCUT2D eigenvalue weighted by atomic mass is 10.2. The molecule has 2 aromatic heterocycles. The standard InChI is InChI=1S/C19H18N4O2S2/c1-11-5-6-15(12(2)8-11)27-18-14(4-3-7-21-18)17(25)23-19-22-13(10-26-19)9-16(20)24/h3-8,10H,9H2,1-2H3,(H2,20,24)(H,22,23,25). The zero-order valence-electron chi connectivity index (χ0n) is 14.9. The molecule has 0 bridgehead atoms. The zero-order valence-corrected chi connectivity index (χ0v) is 16.5. The highest BCUT2D eigenvalue weighted by molar-refractivity contribution is 7.99. The quantitative estimate of drug-likeness (QED) is 0.661. The van der Waals surface area contributed by atoms with Crippen LogP contribution in [0.5, 0.6) is 0 Å². The molecule has 3 aromatic rings. The number of hydrogen-bond acceptors (Lipinski definition) is 6. The van der Waals surface area contributed by atoms with Crippen LogP contribution in [0.2, 0.25) is 0 Å². The minimum atomic E-state index is -0.461. The molecule has 0 saturated carbocycles. The molecule has 0 radical (unpaired) electrons. The topological polar surface area (TPSA) is 98.0 Å². The molecule has 0 unspecified atom stereocenters. The van der Waals surface area contributed by atoms with E-state index >= 15 is 0 Å². The first kappa shape index (κ1) is 19.1. The van der Waals surface area contributed by atoms with E-state index in [4.69, 9.17) is 5.73 Å². The smallest absolute Gasteiger partial charge is 0.260 e. The van der Waals surface area contributed by atoms with Gasteiger partial charge in [-0.05, 0) is 37.6 Å². The van der Waals surface area contributed by atoms with Crippen molar-refractivity contribution in [2.45, 2.75) is 30.2 Å². The second kappa shape index (κ2) is 8.32. The molecule has 0 spiro atoms. The largest absolute Gasteiger partial charge is 0.369 e. The number of nitrogens with one attached hydrogen (secondary N) is 1. The number of amides is 2. The number of nitrogens with two attached hydrogens (primary N) is 1. The summed E-state index contributed by atoms with van der Waals surface area (Å²) in [6.45, 7) is 4.08. The Morgan fingerprint density at radius 3 is 2.81 bits per heavy atom. The summed E-state index contributed by atoms with van der Waals surface area (Å²) in [5.41, 5.74) is 8.49. The van der Waals surface area contributed by atoms with Gasteiger partial charge >= 0.3 is 0 Å². The fourth-order valence-electron chi connectivity index (χ4n) is 2.45. The Bertz CT molecular complexity index is 1000. The summed E-state index contributed by atoms with van der Waals surface area (Å²) in [5, 5.41) is 5.51. The summed E-state index contributed by atoms with van der Waals surface area (Å²) < 4.78 is 0. The van der Waals surface area contributed by atoms with Crippen LogP contribution in [-0.4, -0.2) is 21.8 Å². The van der Waals surface area contributed by atoms with E-state index in [-0.39, 0.29) is 12.3 Å². The van der Waals surface area contributed by atoms with Crippen LogP contribution in [0.15, 0.2) is 51.8 Å². The van der Waals surface area contributed by atoms with Crippen LogP contribution in [0.3, 0.4) is 0 Å². The minimum absolute atomic E-state index is 0.0487. The lowest BCUT2D eigenvalue weighted by Crippen LogP contribution is -2.15. The highest BCUT2D eigenvalue weighted by Gasteiger charge is 2.16. The molecule has 27 heavy (non-hydrogen) atoms. The van der Waals surface area contributed by atoms with Gasteiger partial charge in [-0.15, -0.1) is 11.3 Å². The van der Waals surface area contributed by atoms with Crippen molar-refractivity contribution in [3.8, 4) is 0 Å². The summed E-state index contributed by atoms with van der Waals surface area (Å²) in [4.78, 5) is 33.3. The van der Waals surface area contributed by atoms with Crippen LogP contribution in [0.4, 0.5) is 5.13 Å². The second-order valence-electron chi connectivity index (χ2n) is 5.97. The van der Waals surface area contributed by atoms with Crippen molar-refractivity contribution in [3.05, 3.63) is 64.3 Å². The number of aromatic nitrogens is 2. The van der Waals surface area contributed by atoms with Gasteiger partial charge in [0.2, 0.25) is 5.91 Å². The number of benzene rings is 1. The van der Waals surface area contributed by atoms with Gasteiger partial charge in [-0.1, -0.05) is 29.5 Å². The van der Waals surface area contributed by atoms with E-state index in [1.807, 2.05) is 26.0 Å². The maximum atomic E-state index is 12.7. The SMILES string of the molecule is Cc1ccc(Sc2ncccc2C(=O)Nc2nc(CC(N)=O)cs2)c(C)c1. The lowest BCUT2D eigenvalue weighted by Gasteiger charge is -2.10. The first-order valence-electron chi connectivity index (χ1n) is 8.16. The third kappa shape index (κ3) is 4.93. The molecule has 6 nitrogen and oxygen atoms in total. The van der Waals surface area contributed by atoms with E-state index in [0.29, 0.717) is 21.4 Å². The Labute approximate surface area is 165 Å². The predicted octanol–water partition coefficient (Wildman–Crippen LogP) is 3.59. The van der Waals surface area contributed by atoms with Crippen molar-refractivity contribution in [2.75, 3.05) is 5.32 Å². The molecule has 1 aromatic carbocycles. The van der Waals surface area contributed by atoms with Crippen molar-refractivity contribution >= 4 is 40.0 Å². The second-order valence-corrected chi connectivity index (χ2v) is 7.86. The molecular weight excluding hydrogens is 380 g/mol. The van der Waals surface area contributed by atoms with Gasteiger partial charge in [-0.3, -0.25) is 14.9 Å². The van der Waals surface area contributed by atoms with E-state index in [0.717, 1.165) is 10.5 Å². The Hall–Kier alpha value is -2.71. The van der Waals surface area contributed by atoms with Crippen LogP contribution < -0.4 is 11.1 Å². The highest BCUT2D eigenvalue weighted by Crippen LogP contribution is 2.32. The molecule has 0 saturated heterocycles. The van der Waals surface area contributed by atoms with Crippen molar-refractivity contribution in [2.24, 2.45) is 5.73 Å². The number of carbonyl (C=O) groups excluding carboxylic acids is 2. The monoisotopic (exact) mass is 398 g/mol. The highest BCUT2D eigenvalue weighted by atomic mass is 32.2. The van der Waals surface area contributed by atoms with E-state index in [9.17, 15) is 9.59 Å². The number of thiazole rings is 1. The van der Waals surface area contributed by atoms with Crippen molar-refractivity contribution in [3.63, 3.8) is 0 Å². The van der Waals surface area contributed by atoms with Gasteiger partial charge in [0.1, 0.15) is 5.03 Å². The molecule has 3 rings (SSSR count). The zero-order chi connectivity index (χ0) is 19.4. The van der Waals surface area contributed by atoms with Crippen LogP contribution in [0, 0.1) is 13.8 Å². The maximum Gasteiger partial charge on any atom is 0.260 e. The summed E-state index contributed by atoms with van der Waals surface area (Å²) in [7, 11) is 0. The summed E-state index contributed by atoms with van der Waals surface area (Å²) in [6, 6.07) is 9.62. The van der Waals surface area contributed by atoms with E-state index in [1.54, 1.807) is 23.7 Å². The number of hydrogen-bond donors (Lipinski definition) is 2. The molecule has 2 heterocycles. The van der Waals surface area contributed by atoms with Gasteiger partial charge in [-0.25, -0.2) is 9.97 Å². The average molecular weight is 399 g/mol. The summed E-state index contributed by atoms with van der Waals surface area (Å²) >= 11 is 2.70. The van der Waals surface area contributed by atoms with E-state index in [1.165, 1.54) is 28.7 Å². The Balaban J connectivity index is 1.79. The fourth-order valence-corrected chi connectivity index (χ4v) is 4.11. The molecule has 0 aliphatic rings. The van der Waals surface area contributed by atoms with Crippen molar-refractivity contribution < 1.29 is 9.59 Å². The van der Waals surface area contributed by atoms with Crippen LogP contribution >= 0.6 is 23.1 Å². The summed E-state index contributed by atoms with van der Waals surface area (Å²) in [6.07, 6.45) is 1.71. The number of pyridine rings is 1. The van der Waals surface area contributed by atoms with E-state index < -0.39 is 5.91 Å². The first-order chi connectivity index (χ1) is 12.9. The van der Waals surface area contributed by atoms with Gasteiger partial charge in [0.05, 0.1) is 17.7 Å². The molecule has 2 amide bonds. The van der Waals surface area contributed by atoms with Gasteiger partial charge in [0.15, 0.2) is 5.13 Å². The lowest BCUT2D eigenvalue weighted by molar-refractivity contribution is -0.117. The third-order valence-corrected chi connectivity index (χ3v) is 5.68. The number of rotatable bonds is 6. The minimum Gasteiger partial charge on any atom is -0.369 e. The molecule has 3 N–H and O–H groups in total. The molecule has 138 valence electrons. The van der Waals surface area contributed by atoms with E-state index in [2.05, 4.69) is 21.4 Å². The van der Waals surface area contributed by atoms with Gasteiger partial charge < -0.3 is 5.73 Å².